The summed E-state index contributed by atoms with van der Waals surface area (Å²) in [5.74, 6) is -0.407. The van der Waals surface area contributed by atoms with Crippen LogP contribution in [0, 0.1) is 5.82 Å². The molecule has 3 aromatic rings. The predicted octanol–water partition coefficient (Wildman–Crippen LogP) is 5.27. The highest BCUT2D eigenvalue weighted by atomic mass is 19.1. The molecule has 0 saturated carbocycles. The summed E-state index contributed by atoms with van der Waals surface area (Å²) in [4.78, 5) is 15.0. The van der Waals surface area contributed by atoms with Gasteiger partial charge in [0.2, 0.25) is 0 Å². The van der Waals surface area contributed by atoms with Gasteiger partial charge in [0.05, 0.1) is 6.04 Å². The van der Waals surface area contributed by atoms with Gasteiger partial charge >= 0.3 is 0 Å². The molecule has 1 aliphatic rings. The zero-order chi connectivity index (χ0) is 20.2. The van der Waals surface area contributed by atoms with Crippen LogP contribution in [0.2, 0.25) is 0 Å². The van der Waals surface area contributed by atoms with E-state index in [4.69, 9.17) is 0 Å². The first-order valence-corrected chi connectivity index (χ1v) is 10.1. The van der Waals surface area contributed by atoms with Crippen molar-refractivity contribution in [2.24, 2.45) is 0 Å². The Hall–Kier alpha value is -3.14. The summed E-state index contributed by atoms with van der Waals surface area (Å²) in [6.45, 7) is 3.78. The molecule has 1 heterocycles. The smallest absolute Gasteiger partial charge is 0.251 e. The average Bonchev–Trinajstić information content (AvgIpc) is 2.75. The van der Waals surface area contributed by atoms with Crippen LogP contribution in [0.25, 0.3) is 0 Å². The largest absolute Gasteiger partial charge is 0.367 e. The van der Waals surface area contributed by atoms with Gasteiger partial charge in [0.1, 0.15) is 5.82 Å². The molecule has 0 unspecified atom stereocenters. The van der Waals surface area contributed by atoms with E-state index in [-0.39, 0.29) is 17.8 Å². The molecule has 3 nitrogen and oxygen atoms in total. The number of hydrogen-bond donors (Lipinski definition) is 1. The quantitative estimate of drug-likeness (QED) is 0.646. The van der Waals surface area contributed by atoms with Gasteiger partial charge in [-0.05, 0) is 66.8 Å². The van der Waals surface area contributed by atoms with Crippen molar-refractivity contribution < 1.29 is 9.18 Å². The number of aryl methyl sites for hydroxylation is 1. The lowest BCUT2D eigenvalue weighted by Gasteiger charge is -2.31. The highest BCUT2D eigenvalue weighted by molar-refractivity contribution is 5.94. The second kappa shape index (κ2) is 8.48. The van der Waals surface area contributed by atoms with Crippen LogP contribution in [0.1, 0.15) is 46.4 Å². The molecular weight excluding hydrogens is 363 g/mol. The molecule has 0 radical (unpaired) electrons. The van der Waals surface area contributed by atoms with Crippen LogP contribution in [0.3, 0.4) is 0 Å². The third kappa shape index (κ3) is 4.48. The lowest BCUT2D eigenvalue weighted by atomic mass is 10.0. The Morgan fingerprint density at radius 3 is 2.52 bits per heavy atom. The molecule has 0 fully saturated rings. The second-order valence-corrected chi connectivity index (χ2v) is 7.60. The summed E-state index contributed by atoms with van der Waals surface area (Å²) in [6.07, 6.45) is 2.30. The van der Waals surface area contributed by atoms with Gasteiger partial charge in [-0.25, -0.2) is 4.39 Å². The number of rotatable bonds is 5. The van der Waals surface area contributed by atoms with Crippen LogP contribution in [-0.2, 0) is 13.0 Å². The normalized spacial score (nSPS) is 14.2. The van der Waals surface area contributed by atoms with Crippen molar-refractivity contribution in [3.05, 3.63) is 101 Å². The number of carbonyl (C=O) groups is 1. The lowest BCUT2D eigenvalue weighted by Crippen LogP contribution is -2.29. The van der Waals surface area contributed by atoms with E-state index >= 15 is 0 Å². The van der Waals surface area contributed by atoms with E-state index in [0.29, 0.717) is 5.56 Å². The zero-order valence-corrected chi connectivity index (χ0v) is 16.6. The number of fused-ring (bicyclic) bond motifs is 1. The van der Waals surface area contributed by atoms with Gasteiger partial charge in [-0.3, -0.25) is 4.79 Å². The minimum Gasteiger partial charge on any atom is -0.367 e. The third-order valence-electron chi connectivity index (χ3n) is 5.51. The minimum atomic E-state index is -0.279. The maximum absolute atomic E-state index is 13.1. The summed E-state index contributed by atoms with van der Waals surface area (Å²) in [5, 5.41) is 2.97. The Morgan fingerprint density at radius 2 is 1.76 bits per heavy atom. The van der Waals surface area contributed by atoms with Crippen molar-refractivity contribution in [3.63, 3.8) is 0 Å². The van der Waals surface area contributed by atoms with E-state index in [9.17, 15) is 9.18 Å². The fourth-order valence-electron chi connectivity index (χ4n) is 3.87. The fraction of sp³-hybridized carbons (Fsp3) is 0.240. The van der Waals surface area contributed by atoms with Gasteiger partial charge in [0.25, 0.3) is 5.91 Å². The van der Waals surface area contributed by atoms with Gasteiger partial charge in [-0.15, -0.1) is 0 Å². The number of anilines is 1. The Labute approximate surface area is 171 Å². The summed E-state index contributed by atoms with van der Waals surface area (Å²) >= 11 is 0. The van der Waals surface area contributed by atoms with E-state index in [0.717, 1.165) is 25.1 Å². The van der Waals surface area contributed by atoms with Crippen LogP contribution in [0.5, 0.6) is 0 Å². The molecule has 3 aromatic carbocycles. The van der Waals surface area contributed by atoms with Crippen molar-refractivity contribution in [3.8, 4) is 0 Å². The molecule has 0 aromatic heterocycles. The number of amides is 1. The molecule has 1 atom stereocenters. The molecule has 0 saturated heterocycles. The molecule has 29 heavy (non-hydrogen) atoms. The molecule has 0 bridgehead atoms. The van der Waals surface area contributed by atoms with Crippen molar-refractivity contribution >= 4 is 11.6 Å². The molecular formula is C25H25FN2O. The van der Waals surface area contributed by atoms with Crippen molar-refractivity contribution in [2.75, 3.05) is 11.4 Å². The fourth-order valence-corrected chi connectivity index (χ4v) is 3.87. The minimum absolute atomic E-state index is 0.128. The van der Waals surface area contributed by atoms with Crippen molar-refractivity contribution in [1.82, 2.24) is 5.32 Å². The number of para-hydroxylation sites is 1. The number of carbonyl (C=O) groups excluding carboxylic acids is 1. The van der Waals surface area contributed by atoms with Crippen LogP contribution in [0.4, 0.5) is 10.1 Å². The van der Waals surface area contributed by atoms with Gasteiger partial charge in [-0.2, -0.15) is 0 Å². The van der Waals surface area contributed by atoms with Gasteiger partial charge in [0, 0.05) is 24.3 Å². The number of nitrogens with zero attached hydrogens (tertiary/aromatic N) is 1. The first kappa shape index (κ1) is 19.2. The number of nitrogens with one attached hydrogen (secondary N) is 1. The SMILES string of the molecule is C[C@@H](NC(=O)c1ccc(CN2CCCc3ccccc32)cc1)c1ccc(F)cc1. The van der Waals surface area contributed by atoms with Crippen LogP contribution < -0.4 is 10.2 Å². The molecule has 0 aliphatic carbocycles. The maximum atomic E-state index is 13.1. The Morgan fingerprint density at radius 1 is 1.03 bits per heavy atom. The van der Waals surface area contributed by atoms with Crippen molar-refractivity contribution in [1.29, 1.82) is 0 Å². The molecule has 1 amide bonds. The Balaban J connectivity index is 1.40. The van der Waals surface area contributed by atoms with Crippen LogP contribution in [-0.4, -0.2) is 12.5 Å². The Bertz CT molecular complexity index is 982. The summed E-state index contributed by atoms with van der Waals surface area (Å²) < 4.78 is 13.1. The highest BCUT2D eigenvalue weighted by Crippen LogP contribution is 2.28. The van der Waals surface area contributed by atoms with E-state index in [1.807, 2.05) is 31.2 Å². The van der Waals surface area contributed by atoms with E-state index in [1.54, 1.807) is 12.1 Å². The van der Waals surface area contributed by atoms with Crippen molar-refractivity contribution in [2.45, 2.75) is 32.4 Å². The number of benzene rings is 3. The lowest BCUT2D eigenvalue weighted by molar-refractivity contribution is 0.0940. The second-order valence-electron chi connectivity index (χ2n) is 7.60. The molecule has 1 aliphatic heterocycles. The predicted molar refractivity (Wildman–Crippen MR) is 115 cm³/mol. The molecule has 1 N–H and O–H groups in total. The standard InChI is InChI=1S/C25H25FN2O/c1-18(20-12-14-23(26)15-13-20)27-25(29)22-10-8-19(9-11-22)17-28-16-4-6-21-5-2-3-7-24(21)28/h2-3,5,7-15,18H,4,6,16-17H2,1H3,(H,27,29)/t18-/m1/s1. The van der Waals surface area contributed by atoms with E-state index in [1.165, 1.54) is 35.4 Å². The van der Waals surface area contributed by atoms with Gasteiger partial charge in [-0.1, -0.05) is 42.5 Å². The van der Waals surface area contributed by atoms with E-state index < -0.39 is 0 Å². The summed E-state index contributed by atoms with van der Waals surface area (Å²) in [5.41, 5.74) is 5.41. The van der Waals surface area contributed by atoms with Crippen LogP contribution in [0.15, 0.2) is 72.8 Å². The third-order valence-corrected chi connectivity index (χ3v) is 5.51. The van der Waals surface area contributed by atoms with E-state index in [2.05, 4.69) is 34.5 Å². The molecule has 0 spiro atoms. The zero-order valence-electron chi connectivity index (χ0n) is 16.6. The monoisotopic (exact) mass is 388 g/mol. The molecule has 148 valence electrons. The first-order chi connectivity index (χ1) is 14.1. The summed E-state index contributed by atoms with van der Waals surface area (Å²) in [7, 11) is 0. The number of halogens is 1. The van der Waals surface area contributed by atoms with Crippen LogP contribution >= 0.6 is 0 Å². The average molecular weight is 388 g/mol. The first-order valence-electron chi connectivity index (χ1n) is 10.1. The number of hydrogen-bond acceptors (Lipinski definition) is 2. The van der Waals surface area contributed by atoms with Gasteiger partial charge < -0.3 is 10.2 Å². The molecule has 4 rings (SSSR count). The van der Waals surface area contributed by atoms with Gasteiger partial charge in [0.15, 0.2) is 0 Å². The maximum Gasteiger partial charge on any atom is 0.251 e. The highest BCUT2D eigenvalue weighted by Gasteiger charge is 2.17. The summed E-state index contributed by atoms with van der Waals surface area (Å²) in [6, 6.07) is 22.4. The topological polar surface area (TPSA) is 32.3 Å². The Kier molecular flexibility index (Phi) is 5.61. The molecule has 4 heteroatoms.